The maximum absolute atomic E-state index is 5.76. The normalized spacial score (nSPS) is 19.0. The van der Waals surface area contributed by atoms with Crippen LogP contribution in [0.1, 0.15) is 36.1 Å². The van der Waals surface area contributed by atoms with Gasteiger partial charge in [-0.3, -0.25) is 4.98 Å². The molecule has 5 nitrogen and oxygen atoms in total. The van der Waals surface area contributed by atoms with Gasteiger partial charge in [-0.2, -0.15) is 0 Å². The van der Waals surface area contributed by atoms with E-state index < -0.39 is 0 Å². The molecule has 28 heavy (non-hydrogen) atoms. The number of rotatable bonds is 5. The van der Waals surface area contributed by atoms with Gasteiger partial charge in [0.25, 0.3) is 0 Å². The summed E-state index contributed by atoms with van der Waals surface area (Å²) in [6.45, 7) is 4.75. The molecule has 1 N–H and O–H groups in total. The topological polar surface area (TPSA) is 42.3 Å². The lowest BCUT2D eigenvalue weighted by atomic mass is 10.0. The summed E-state index contributed by atoms with van der Waals surface area (Å²) in [7, 11) is 2.10. The first kappa shape index (κ1) is 18.5. The summed E-state index contributed by atoms with van der Waals surface area (Å²) in [5.41, 5.74) is 4.40. The van der Waals surface area contributed by atoms with E-state index in [4.69, 9.17) is 17.0 Å². The largest absolute Gasteiger partial charge is 0.494 e. The Kier molecular flexibility index (Phi) is 5.05. The van der Waals surface area contributed by atoms with Crippen LogP contribution in [0.5, 0.6) is 5.75 Å². The first-order chi connectivity index (χ1) is 13.6. The molecule has 3 heterocycles. The highest BCUT2D eigenvalue weighted by Gasteiger charge is 2.41. The molecule has 1 saturated heterocycles. The van der Waals surface area contributed by atoms with Crippen LogP contribution in [-0.4, -0.2) is 21.3 Å². The lowest BCUT2D eigenvalue weighted by molar-refractivity contribution is 0.340. The third-order valence-corrected chi connectivity index (χ3v) is 5.55. The van der Waals surface area contributed by atoms with Crippen LogP contribution in [0.25, 0.3) is 0 Å². The zero-order valence-corrected chi connectivity index (χ0v) is 17.1. The number of benzene rings is 1. The first-order valence-electron chi connectivity index (χ1n) is 9.46. The van der Waals surface area contributed by atoms with Crippen molar-refractivity contribution in [2.45, 2.75) is 25.9 Å². The maximum atomic E-state index is 5.76. The highest BCUT2D eigenvalue weighted by molar-refractivity contribution is 7.80. The van der Waals surface area contributed by atoms with E-state index in [1.165, 1.54) is 11.4 Å². The molecule has 4 rings (SSSR count). The molecule has 0 bridgehead atoms. The van der Waals surface area contributed by atoms with Crippen molar-refractivity contribution in [1.82, 2.24) is 14.9 Å². The van der Waals surface area contributed by atoms with Gasteiger partial charge in [-0.05, 0) is 74.6 Å². The van der Waals surface area contributed by atoms with Crippen molar-refractivity contribution in [3.63, 3.8) is 0 Å². The number of aryl methyl sites for hydroxylation is 1. The Morgan fingerprint density at radius 2 is 1.89 bits per heavy atom. The molecule has 3 aromatic rings. The second-order valence-corrected chi connectivity index (χ2v) is 7.27. The summed E-state index contributed by atoms with van der Waals surface area (Å²) in [6.07, 6.45) is 1.83. The Hall–Kier alpha value is -2.86. The highest BCUT2D eigenvalue weighted by Crippen LogP contribution is 2.42. The molecule has 1 aliphatic rings. The third-order valence-electron chi connectivity index (χ3n) is 5.24. The van der Waals surface area contributed by atoms with Gasteiger partial charge in [0.05, 0.1) is 18.3 Å². The number of aromatic nitrogens is 2. The number of nitrogens with zero attached hydrogens (tertiary/aromatic N) is 3. The summed E-state index contributed by atoms with van der Waals surface area (Å²) < 4.78 is 7.81. The quantitative estimate of drug-likeness (QED) is 0.656. The van der Waals surface area contributed by atoms with Crippen LogP contribution in [0.15, 0.2) is 60.8 Å². The first-order valence-corrected chi connectivity index (χ1v) is 9.86. The molecule has 0 saturated carbocycles. The Bertz CT molecular complexity index is 968. The molecule has 0 spiro atoms. The molecule has 2 aromatic heterocycles. The summed E-state index contributed by atoms with van der Waals surface area (Å²) in [6, 6.07) is 18.4. The molecule has 144 valence electrons. The monoisotopic (exact) mass is 392 g/mol. The third kappa shape index (κ3) is 3.24. The smallest absolute Gasteiger partial charge is 0.174 e. The van der Waals surface area contributed by atoms with Crippen LogP contribution in [-0.2, 0) is 7.05 Å². The van der Waals surface area contributed by atoms with Gasteiger partial charge in [0.15, 0.2) is 5.11 Å². The fourth-order valence-electron chi connectivity index (χ4n) is 3.73. The fourth-order valence-corrected chi connectivity index (χ4v) is 4.08. The van der Waals surface area contributed by atoms with Gasteiger partial charge in [0.1, 0.15) is 11.8 Å². The van der Waals surface area contributed by atoms with Crippen molar-refractivity contribution < 1.29 is 4.74 Å². The molecule has 1 aliphatic heterocycles. The van der Waals surface area contributed by atoms with Gasteiger partial charge in [-0.1, -0.05) is 6.07 Å². The Morgan fingerprint density at radius 3 is 2.50 bits per heavy atom. The minimum atomic E-state index is -0.0340. The van der Waals surface area contributed by atoms with Crippen LogP contribution in [0.4, 0.5) is 5.69 Å². The Labute approximate surface area is 171 Å². The number of ether oxygens (including phenoxy) is 1. The average molecular weight is 393 g/mol. The van der Waals surface area contributed by atoms with Gasteiger partial charge >= 0.3 is 0 Å². The summed E-state index contributed by atoms with van der Waals surface area (Å²) in [4.78, 5) is 6.78. The highest BCUT2D eigenvalue weighted by atomic mass is 32.1. The van der Waals surface area contributed by atoms with Gasteiger partial charge in [0, 0.05) is 30.3 Å². The second-order valence-electron chi connectivity index (χ2n) is 6.88. The number of hydrogen-bond acceptors (Lipinski definition) is 3. The van der Waals surface area contributed by atoms with Gasteiger partial charge in [-0.15, -0.1) is 0 Å². The van der Waals surface area contributed by atoms with Crippen molar-refractivity contribution in [2.24, 2.45) is 7.05 Å². The van der Waals surface area contributed by atoms with E-state index in [1.807, 2.05) is 43.5 Å². The fraction of sp³-hybridized carbons (Fsp3) is 0.273. The van der Waals surface area contributed by atoms with E-state index in [0.717, 1.165) is 17.1 Å². The molecular formula is C22H24N4OS. The molecule has 0 amide bonds. The number of hydrogen-bond donors (Lipinski definition) is 1. The zero-order chi connectivity index (χ0) is 19.7. The molecule has 1 fully saturated rings. The second kappa shape index (κ2) is 7.64. The molecule has 2 unspecified atom stereocenters. The minimum absolute atomic E-state index is 0.000886. The van der Waals surface area contributed by atoms with Crippen LogP contribution in [0.3, 0.4) is 0 Å². The van der Waals surface area contributed by atoms with Gasteiger partial charge in [-0.25, -0.2) is 0 Å². The summed E-state index contributed by atoms with van der Waals surface area (Å²) in [5.74, 6) is 0.858. The minimum Gasteiger partial charge on any atom is -0.494 e. The average Bonchev–Trinajstić information content (AvgIpc) is 3.23. The van der Waals surface area contributed by atoms with Gasteiger partial charge in [0.2, 0.25) is 0 Å². The maximum Gasteiger partial charge on any atom is 0.174 e. The number of anilines is 1. The van der Waals surface area contributed by atoms with E-state index >= 15 is 0 Å². The van der Waals surface area contributed by atoms with Crippen molar-refractivity contribution in [1.29, 1.82) is 0 Å². The predicted molar refractivity (Wildman–Crippen MR) is 116 cm³/mol. The molecule has 6 heteroatoms. The van der Waals surface area contributed by atoms with E-state index in [9.17, 15) is 0 Å². The van der Waals surface area contributed by atoms with Crippen LogP contribution in [0, 0.1) is 6.92 Å². The summed E-state index contributed by atoms with van der Waals surface area (Å²) >= 11 is 5.76. The predicted octanol–water partition coefficient (Wildman–Crippen LogP) is 4.30. The van der Waals surface area contributed by atoms with Crippen molar-refractivity contribution in [2.75, 3.05) is 11.5 Å². The van der Waals surface area contributed by atoms with Crippen LogP contribution < -0.4 is 15.0 Å². The number of nitrogens with one attached hydrogen (secondary N) is 1. The number of thiocarbonyl (C=S) groups is 1. The van der Waals surface area contributed by atoms with Crippen molar-refractivity contribution >= 4 is 23.0 Å². The molecule has 0 radical (unpaired) electrons. The molecule has 1 aromatic carbocycles. The van der Waals surface area contributed by atoms with E-state index in [-0.39, 0.29) is 12.1 Å². The van der Waals surface area contributed by atoms with E-state index in [0.29, 0.717) is 11.7 Å². The van der Waals surface area contributed by atoms with Gasteiger partial charge < -0.3 is 19.5 Å². The van der Waals surface area contributed by atoms with Crippen molar-refractivity contribution in [3.05, 3.63) is 77.9 Å². The van der Waals surface area contributed by atoms with Crippen LogP contribution >= 0.6 is 12.2 Å². The Morgan fingerprint density at radius 1 is 1.11 bits per heavy atom. The summed E-state index contributed by atoms with van der Waals surface area (Å²) in [5, 5.41) is 4.19. The van der Waals surface area contributed by atoms with E-state index in [2.05, 4.69) is 58.0 Å². The lowest BCUT2D eigenvalue weighted by Crippen LogP contribution is -2.30. The zero-order valence-electron chi connectivity index (χ0n) is 16.3. The van der Waals surface area contributed by atoms with Crippen LogP contribution in [0.2, 0.25) is 0 Å². The van der Waals surface area contributed by atoms with Crippen molar-refractivity contribution in [3.8, 4) is 5.75 Å². The molecule has 2 atom stereocenters. The SMILES string of the molecule is CCOc1ccc(N2C(=S)NC(c3ccccn3)C2c2ccc(C)n2C)cc1. The van der Waals surface area contributed by atoms with E-state index in [1.54, 1.807) is 0 Å². The lowest BCUT2D eigenvalue weighted by Gasteiger charge is -2.28. The molecule has 0 aliphatic carbocycles. The molecular weight excluding hydrogens is 368 g/mol. The Balaban J connectivity index is 1.79. The number of pyridine rings is 1. The standard InChI is InChI=1S/C22H24N4OS/c1-4-27-17-11-9-16(10-12-17)26-21(19-13-8-15(2)25(19)3)20(24-22(26)28)18-7-5-6-14-23-18/h5-14,20-21H,4H2,1-3H3,(H,24,28).